The Morgan fingerprint density at radius 1 is 1.56 bits per heavy atom. The standard InChI is InChI=1S/C11H17N3O2/c1-9-10(3-2-5-13-9)11(15)14-6-8-16-7-4-12/h2-3,5H,4,6-8,12H2,1H3,(H,14,15). The number of nitrogens with one attached hydrogen (secondary N) is 1. The summed E-state index contributed by atoms with van der Waals surface area (Å²) >= 11 is 0. The summed E-state index contributed by atoms with van der Waals surface area (Å²) in [5.74, 6) is -0.123. The second kappa shape index (κ2) is 6.92. The van der Waals surface area contributed by atoms with Gasteiger partial charge < -0.3 is 15.8 Å². The van der Waals surface area contributed by atoms with Gasteiger partial charge >= 0.3 is 0 Å². The summed E-state index contributed by atoms with van der Waals surface area (Å²) in [4.78, 5) is 15.7. The van der Waals surface area contributed by atoms with Crippen LogP contribution in [0.3, 0.4) is 0 Å². The van der Waals surface area contributed by atoms with Gasteiger partial charge in [-0.15, -0.1) is 0 Å². The van der Waals surface area contributed by atoms with E-state index in [1.165, 1.54) is 0 Å². The van der Waals surface area contributed by atoms with E-state index in [4.69, 9.17) is 10.5 Å². The lowest BCUT2D eigenvalue weighted by molar-refractivity contribution is 0.0919. The molecule has 0 aliphatic carbocycles. The smallest absolute Gasteiger partial charge is 0.253 e. The van der Waals surface area contributed by atoms with Crippen molar-refractivity contribution in [1.29, 1.82) is 0 Å². The van der Waals surface area contributed by atoms with Gasteiger partial charge in [0.25, 0.3) is 5.91 Å². The van der Waals surface area contributed by atoms with Crippen molar-refractivity contribution < 1.29 is 9.53 Å². The fourth-order valence-electron chi connectivity index (χ4n) is 1.24. The molecular weight excluding hydrogens is 206 g/mol. The molecule has 5 nitrogen and oxygen atoms in total. The molecule has 1 heterocycles. The van der Waals surface area contributed by atoms with Crippen molar-refractivity contribution >= 4 is 5.91 Å². The molecular formula is C11H17N3O2. The number of hydrogen-bond donors (Lipinski definition) is 2. The van der Waals surface area contributed by atoms with E-state index in [2.05, 4.69) is 10.3 Å². The van der Waals surface area contributed by atoms with Crippen LogP contribution in [0.5, 0.6) is 0 Å². The van der Waals surface area contributed by atoms with Crippen molar-refractivity contribution in [3.8, 4) is 0 Å². The van der Waals surface area contributed by atoms with Crippen LogP contribution in [-0.4, -0.2) is 37.2 Å². The Labute approximate surface area is 95.0 Å². The Kier molecular flexibility index (Phi) is 5.45. The largest absolute Gasteiger partial charge is 0.378 e. The summed E-state index contributed by atoms with van der Waals surface area (Å²) in [6, 6.07) is 3.49. The first-order valence-electron chi connectivity index (χ1n) is 5.23. The third-order valence-corrected chi connectivity index (χ3v) is 2.05. The van der Waals surface area contributed by atoms with Gasteiger partial charge in [0.1, 0.15) is 0 Å². The number of pyridine rings is 1. The highest BCUT2D eigenvalue weighted by Gasteiger charge is 2.07. The first kappa shape index (κ1) is 12.6. The fraction of sp³-hybridized carbons (Fsp3) is 0.455. The number of aromatic nitrogens is 1. The molecule has 0 saturated carbocycles. The van der Waals surface area contributed by atoms with Gasteiger partial charge in [-0.2, -0.15) is 0 Å². The Morgan fingerprint density at radius 3 is 3.06 bits per heavy atom. The molecule has 0 aliphatic heterocycles. The number of rotatable bonds is 6. The van der Waals surface area contributed by atoms with Crippen molar-refractivity contribution in [3.63, 3.8) is 0 Å². The first-order valence-corrected chi connectivity index (χ1v) is 5.23. The zero-order valence-corrected chi connectivity index (χ0v) is 9.40. The molecule has 0 bridgehead atoms. The molecule has 0 radical (unpaired) electrons. The van der Waals surface area contributed by atoms with Gasteiger partial charge in [0, 0.05) is 25.0 Å². The maximum Gasteiger partial charge on any atom is 0.253 e. The molecule has 16 heavy (non-hydrogen) atoms. The highest BCUT2D eigenvalue weighted by atomic mass is 16.5. The molecule has 1 aromatic rings. The van der Waals surface area contributed by atoms with Crippen LogP contribution in [0.1, 0.15) is 16.1 Å². The van der Waals surface area contributed by atoms with Crippen molar-refractivity contribution in [2.45, 2.75) is 6.92 Å². The van der Waals surface area contributed by atoms with E-state index in [1.807, 2.05) is 0 Å². The average molecular weight is 223 g/mol. The minimum absolute atomic E-state index is 0.123. The molecule has 0 fully saturated rings. The van der Waals surface area contributed by atoms with Crippen molar-refractivity contribution in [3.05, 3.63) is 29.6 Å². The summed E-state index contributed by atoms with van der Waals surface area (Å²) in [6.45, 7) is 3.77. The van der Waals surface area contributed by atoms with Crippen LogP contribution in [0.4, 0.5) is 0 Å². The second-order valence-corrected chi connectivity index (χ2v) is 3.29. The highest BCUT2D eigenvalue weighted by Crippen LogP contribution is 2.02. The number of carbonyl (C=O) groups is 1. The topological polar surface area (TPSA) is 77.2 Å². The predicted octanol–water partition coefficient (Wildman–Crippen LogP) is 0.0951. The number of hydrogen-bond acceptors (Lipinski definition) is 4. The van der Waals surface area contributed by atoms with Crippen LogP contribution < -0.4 is 11.1 Å². The van der Waals surface area contributed by atoms with E-state index in [9.17, 15) is 4.79 Å². The van der Waals surface area contributed by atoms with E-state index in [0.29, 0.717) is 31.9 Å². The van der Waals surface area contributed by atoms with Crippen molar-refractivity contribution in [2.75, 3.05) is 26.3 Å². The molecule has 1 rings (SSSR count). The third kappa shape index (κ3) is 3.96. The summed E-state index contributed by atoms with van der Waals surface area (Å²) < 4.78 is 5.14. The van der Waals surface area contributed by atoms with E-state index in [-0.39, 0.29) is 5.91 Å². The highest BCUT2D eigenvalue weighted by molar-refractivity contribution is 5.95. The zero-order valence-electron chi connectivity index (χ0n) is 9.40. The lowest BCUT2D eigenvalue weighted by Crippen LogP contribution is -2.28. The Morgan fingerprint density at radius 2 is 2.38 bits per heavy atom. The van der Waals surface area contributed by atoms with Gasteiger partial charge in [0.15, 0.2) is 0 Å². The van der Waals surface area contributed by atoms with Crippen LogP contribution >= 0.6 is 0 Å². The van der Waals surface area contributed by atoms with E-state index < -0.39 is 0 Å². The normalized spacial score (nSPS) is 10.1. The van der Waals surface area contributed by atoms with Crippen LogP contribution in [0, 0.1) is 6.92 Å². The quantitative estimate of drug-likeness (QED) is 0.670. The molecule has 3 N–H and O–H groups in total. The molecule has 0 unspecified atom stereocenters. The van der Waals surface area contributed by atoms with E-state index >= 15 is 0 Å². The number of nitrogens with zero attached hydrogens (tertiary/aromatic N) is 1. The van der Waals surface area contributed by atoms with Crippen LogP contribution in [0.25, 0.3) is 0 Å². The molecule has 88 valence electrons. The molecule has 0 aromatic carbocycles. The summed E-state index contributed by atoms with van der Waals surface area (Å²) in [6.07, 6.45) is 1.66. The summed E-state index contributed by atoms with van der Waals surface area (Å²) in [7, 11) is 0. The minimum atomic E-state index is -0.123. The molecule has 1 amide bonds. The van der Waals surface area contributed by atoms with Crippen molar-refractivity contribution in [1.82, 2.24) is 10.3 Å². The number of nitrogens with two attached hydrogens (primary N) is 1. The second-order valence-electron chi connectivity index (χ2n) is 3.29. The van der Waals surface area contributed by atoms with Crippen molar-refractivity contribution in [2.24, 2.45) is 5.73 Å². The number of carbonyl (C=O) groups excluding carboxylic acids is 1. The Balaban J connectivity index is 2.33. The first-order chi connectivity index (χ1) is 7.75. The van der Waals surface area contributed by atoms with Crippen LogP contribution in [0.15, 0.2) is 18.3 Å². The van der Waals surface area contributed by atoms with Gasteiger partial charge in [0.2, 0.25) is 0 Å². The maximum absolute atomic E-state index is 11.7. The molecule has 0 atom stereocenters. The molecule has 1 aromatic heterocycles. The minimum Gasteiger partial charge on any atom is -0.378 e. The van der Waals surface area contributed by atoms with E-state index in [0.717, 1.165) is 5.69 Å². The molecule has 0 spiro atoms. The average Bonchev–Trinajstić information content (AvgIpc) is 2.29. The van der Waals surface area contributed by atoms with Gasteiger partial charge in [-0.1, -0.05) is 0 Å². The SMILES string of the molecule is Cc1ncccc1C(=O)NCCOCCN. The van der Waals surface area contributed by atoms with Gasteiger partial charge in [-0.3, -0.25) is 9.78 Å². The number of ether oxygens (including phenoxy) is 1. The molecule has 0 aliphatic rings. The Bertz CT molecular complexity index is 342. The Hall–Kier alpha value is -1.46. The number of amides is 1. The van der Waals surface area contributed by atoms with E-state index in [1.54, 1.807) is 25.3 Å². The van der Waals surface area contributed by atoms with Crippen LogP contribution in [-0.2, 0) is 4.74 Å². The van der Waals surface area contributed by atoms with Gasteiger partial charge in [-0.25, -0.2) is 0 Å². The third-order valence-electron chi connectivity index (χ3n) is 2.05. The van der Waals surface area contributed by atoms with Crippen LogP contribution in [0.2, 0.25) is 0 Å². The molecule has 5 heteroatoms. The monoisotopic (exact) mass is 223 g/mol. The summed E-state index contributed by atoms with van der Waals surface area (Å²) in [5.41, 5.74) is 6.58. The van der Waals surface area contributed by atoms with Gasteiger partial charge in [-0.05, 0) is 19.1 Å². The lowest BCUT2D eigenvalue weighted by atomic mass is 10.2. The number of aryl methyl sites for hydroxylation is 1. The summed E-state index contributed by atoms with van der Waals surface area (Å²) in [5, 5.41) is 2.75. The predicted molar refractivity (Wildman–Crippen MR) is 61.2 cm³/mol. The maximum atomic E-state index is 11.7. The zero-order chi connectivity index (χ0) is 11.8. The fourth-order valence-corrected chi connectivity index (χ4v) is 1.24. The lowest BCUT2D eigenvalue weighted by Gasteiger charge is -2.07. The van der Waals surface area contributed by atoms with Gasteiger partial charge in [0.05, 0.1) is 18.8 Å². The molecule has 0 saturated heterocycles.